The minimum Gasteiger partial charge on any atom is -0.463 e. The average molecular weight is 499 g/mol. The molecular weight excluding hydrogens is 460 g/mol. The molecule has 5 nitrogen and oxygen atoms in total. The molecule has 0 spiro atoms. The lowest BCUT2D eigenvalue weighted by Gasteiger charge is -2.65. The Morgan fingerprint density at radius 2 is 1.74 bits per heavy atom. The van der Waals surface area contributed by atoms with Crippen molar-refractivity contribution in [2.24, 2.45) is 34.5 Å². The molecule has 0 aromatic heterocycles. The number of aliphatic hydroxyl groups excluding tert-OH is 1. The van der Waals surface area contributed by atoms with E-state index in [1.807, 2.05) is 0 Å². The Morgan fingerprint density at radius 3 is 2.35 bits per heavy atom. The molecule has 0 heterocycles. The molecule has 4 rings (SSSR count). The van der Waals surface area contributed by atoms with E-state index >= 15 is 0 Å². The number of carbonyl (C=O) groups excluding carboxylic acids is 2. The maximum Gasteiger partial charge on any atom is 0.302 e. The maximum atomic E-state index is 11.8. The predicted molar refractivity (Wildman–Crippen MR) is 122 cm³/mol. The second kappa shape index (κ2) is 8.00. The topological polar surface area (TPSA) is 72.8 Å². The summed E-state index contributed by atoms with van der Waals surface area (Å²) in [5, 5.41) is 11.5. The van der Waals surface area contributed by atoms with Crippen LogP contribution in [0.2, 0.25) is 0 Å². The van der Waals surface area contributed by atoms with Crippen LogP contribution in [0.1, 0.15) is 86.0 Å². The van der Waals surface area contributed by atoms with Gasteiger partial charge in [0.15, 0.2) is 0 Å². The summed E-state index contributed by atoms with van der Waals surface area (Å²) in [6.07, 6.45) is 6.81. The fourth-order valence-corrected chi connectivity index (χ4v) is 9.61. The molecule has 31 heavy (non-hydrogen) atoms. The van der Waals surface area contributed by atoms with Gasteiger partial charge in [-0.25, -0.2) is 0 Å². The van der Waals surface area contributed by atoms with Gasteiger partial charge in [-0.15, -0.1) is 0 Å². The number of fused-ring (bicyclic) bond motifs is 5. The van der Waals surface area contributed by atoms with Crippen molar-refractivity contribution >= 4 is 27.9 Å². The van der Waals surface area contributed by atoms with Gasteiger partial charge in [0.2, 0.25) is 0 Å². The molecule has 0 radical (unpaired) electrons. The van der Waals surface area contributed by atoms with Gasteiger partial charge in [-0.05, 0) is 67.6 Å². The quantitative estimate of drug-likeness (QED) is 0.436. The van der Waals surface area contributed by atoms with Gasteiger partial charge in [0.25, 0.3) is 0 Å². The Labute approximate surface area is 195 Å². The summed E-state index contributed by atoms with van der Waals surface area (Å²) in [6, 6.07) is 0. The minimum atomic E-state index is -0.482. The predicted octanol–water partition coefficient (Wildman–Crippen LogP) is 5.02. The summed E-state index contributed by atoms with van der Waals surface area (Å²) < 4.78 is 11.0. The smallest absolute Gasteiger partial charge is 0.302 e. The zero-order valence-corrected chi connectivity index (χ0v) is 21.2. The van der Waals surface area contributed by atoms with Gasteiger partial charge in [0, 0.05) is 25.7 Å². The van der Waals surface area contributed by atoms with Crippen LogP contribution >= 0.6 is 15.9 Å². The van der Waals surface area contributed by atoms with E-state index < -0.39 is 10.4 Å². The van der Waals surface area contributed by atoms with Gasteiger partial charge in [-0.1, -0.05) is 43.1 Å². The van der Waals surface area contributed by atoms with Crippen LogP contribution in [0, 0.1) is 34.5 Å². The number of esters is 2. The second-order valence-electron chi connectivity index (χ2n) is 11.3. The van der Waals surface area contributed by atoms with E-state index in [1.54, 1.807) is 0 Å². The molecule has 0 aromatic rings. The fraction of sp³-hybridized carbons (Fsp3) is 0.920. The third-order valence-corrected chi connectivity index (χ3v) is 11.7. The van der Waals surface area contributed by atoms with Crippen LogP contribution in [0.25, 0.3) is 0 Å². The SMILES string of the molecule is CCC1CC(OC(C)=O)[C@@]2(C)CC[C@@H]3[C@@H](CC(O)C4(Br)CC(OC(C)=O)CC[C@]34C)[C@H]12. The monoisotopic (exact) mass is 498 g/mol. The average Bonchev–Trinajstić information content (AvgIpc) is 2.95. The Hall–Kier alpha value is -0.620. The van der Waals surface area contributed by atoms with Gasteiger partial charge in [-0.3, -0.25) is 9.59 Å². The normalized spacial score (nSPS) is 51.3. The molecule has 4 saturated carbocycles. The molecule has 5 unspecified atom stereocenters. The van der Waals surface area contributed by atoms with Crippen molar-refractivity contribution in [1.82, 2.24) is 0 Å². The number of aliphatic hydroxyl groups is 1. The first-order valence-electron chi connectivity index (χ1n) is 12.2. The van der Waals surface area contributed by atoms with Crippen LogP contribution in [-0.2, 0) is 19.1 Å². The van der Waals surface area contributed by atoms with E-state index in [2.05, 4.69) is 36.7 Å². The van der Waals surface area contributed by atoms with E-state index in [0.717, 1.165) is 44.9 Å². The first-order chi connectivity index (χ1) is 14.5. The molecule has 4 aliphatic carbocycles. The third-order valence-electron chi connectivity index (χ3n) is 9.96. The molecule has 0 aliphatic heterocycles. The molecule has 4 aliphatic rings. The molecule has 6 heteroatoms. The second-order valence-corrected chi connectivity index (χ2v) is 12.8. The van der Waals surface area contributed by atoms with Gasteiger partial charge in [-0.2, -0.15) is 0 Å². The number of alkyl halides is 1. The van der Waals surface area contributed by atoms with Crippen LogP contribution in [0.3, 0.4) is 0 Å². The van der Waals surface area contributed by atoms with Crippen molar-refractivity contribution in [3.63, 3.8) is 0 Å². The Kier molecular flexibility index (Phi) is 6.08. The van der Waals surface area contributed by atoms with Crippen molar-refractivity contribution in [2.45, 2.75) is 109 Å². The summed E-state index contributed by atoms with van der Waals surface area (Å²) in [5.41, 5.74) is -0.0596. The molecule has 176 valence electrons. The van der Waals surface area contributed by atoms with Crippen molar-refractivity contribution in [1.29, 1.82) is 0 Å². The van der Waals surface area contributed by atoms with Gasteiger partial charge >= 0.3 is 11.9 Å². The van der Waals surface area contributed by atoms with Crippen molar-refractivity contribution in [3.8, 4) is 0 Å². The van der Waals surface area contributed by atoms with Crippen molar-refractivity contribution in [3.05, 3.63) is 0 Å². The molecule has 10 atom stereocenters. The largest absolute Gasteiger partial charge is 0.463 e. The maximum absolute atomic E-state index is 11.8. The summed E-state index contributed by atoms with van der Waals surface area (Å²) in [5.74, 6) is 1.52. The van der Waals surface area contributed by atoms with Gasteiger partial charge < -0.3 is 14.6 Å². The molecule has 0 bridgehead atoms. The highest BCUT2D eigenvalue weighted by molar-refractivity contribution is 9.10. The van der Waals surface area contributed by atoms with E-state index in [-0.39, 0.29) is 35.0 Å². The summed E-state index contributed by atoms with van der Waals surface area (Å²) >= 11 is 4.04. The Bertz CT molecular complexity index is 741. The van der Waals surface area contributed by atoms with Crippen molar-refractivity contribution < 1.29 is 24.2 Å². The number of rotatable bonds is 3. The first kappa shape index (κ1) is 23.5. The zero-order chi connectivity index (χ0) is 22.8. The Morgan fingerprint density at radius 1 is 1.06 bits per heavy atom. The lowest BCUT2D eigenvalue weighted by atomic mass is 9.43. The van der Waals surface area contributed by atoms with Crippen LogP contribution < -0.4 is 0 Å². The van der Waals surface area contributed by atoms with E-state index in [0.29, 0.717) is 30.1 Å². The van der Waals surface area contributed by atoms with E-state index in [1.165, 1.54) is 13.8 Å². The molecule has 4 fully saturated rings. The number of hydrogen-bond donors (Lipinski definition) is 1. The molecule has 0 saturated heterocycles. The number of halogens is 1. The van der Waals surface area contributed by atoms with E-state index in [9.17, 15) is 14.7 Å². The summed E-state index contributed by atoms with van der Waals surface area (Å²) in [7, 11) is 0. The van der Waals surface area contributed by atoms with Crippen LogP contribution in [-0.4, -0.2) is 39.7 Å². The van der Waals surface area contributed by atoms with Gasteiger partial charge in [0.1, 0.15) is 12.2 Å². The lowest BCUT2D eigenvalue weighted by molar-refractivity contribution is -0.179. The van der Waals surface area contributed by atoms with Crippen LogP contribution in [0.4, 0.5) is 0 Å². The fourth-order valence-electron chi connectivity index (χ4n) is 8.57. The summed E-state index contributed by atoms with van der Waals surface area (Å²) in [4.78, 5) is 23.4. The number of carbonyl (C=O) groups is 2. The first-order valence-corrected chi connectivity index (χ1v) is 13.0. The standard InChI is InChI=1S/C25H39BrO5/c1-6-16-11-21(31-15(3)28)23(4)9-8-19-18(22(16)23)12-20(29)25(26)13-17(30-14(2)27)7-10-24(19,25)5/h16-22,29H,6-13H2,1-5H3/t16?,17?,18-,19-,20?,21?,22+,23-,24-,25?/m1/s1. The van der Waals surface area contributed by atoms with Crippen molar-refractivity contribution in [2.75, 3.05) is 0 Å². The Balaban J connectivity index is 1.66. The van der Waals surface area contributed by atoms with Crippen LogP contribution in [0.5, 0.6) is 0 Å². The zero-order valence-electron chi connectivity index (χ0n) is 19.7. The third kappa shape index (κ3) is 3.50. The molecule has 0 amide bonds. The minimum absolute atomic E-state index is 0.00908. The lowest BCUT2D eigenvalue weighted by Crippen LogP contribution is -2.66. The van der Waals surface area contributed by atoms with Gasteiger partial charge in [0.05, 0.1) is 10.4 Å². The molecule has 1 N–H and O–H groups in total. The van der Waals surface area contributed by atoms with E-state index in [4.69, 9.17) is 9.47 Å². The highest BCUT2D eigenvalue weighted by atomic mass is 79.9. The highest BCUT2D eigenvalue weighted by Crippen LogP contribution is 2.70. The molecule has 0 aromatic carbocycles. The number of hydrogen-bond acceptors (Lipinski definition) is 5. The summed E-state index contributed by atoms with van der Waals surface area (Å²) in [6.45, 7) is 9.93. The van der Waals surface area contributed by atoms with Crippen LogP contribution in [0.15, 0.2) is 0 Å². The number of ether oxygens (including phenoxy) is 2. The molecular formula is C25H39BrO5. The highest BCUT2D eigenvalue weighted by Gasteiger charge is 2.68.